The molecule has 0 unspecified atom stereocenters. The predicted molar refractivity (Wildman–Crippen MR) is 61.6 cm³/mol. The molecule has 0 bridgehead atoms. The molecule has 0 amide bonds. The molecule has 0 saturated heterocycles. The fraction of sp³-hybridized carbons (Fsp3) is 0.182. The maximum atomic E-state index is 13.1. The summed E-state index contributed by atoms with van der Waals surface area (Å²) in [4.78, 5) is 4.14. The highest BCUT2D eigenvalue weighted by atomic mass is 32.2. The molecule has 5 heteroatoms. The third-order valence-electron chi connectivity index (χ3n) is 2.03. The van der Waals surface area contributed by atoms with Crippen LogP contribution < -0.4 is 5.73 Å². The summed E-state index contributed by atoms with van der Waals surface area (Å²) in [6.07, 6.45) is 1.59. The number of hydrogen-bond acceptors (Lipinski definition) is 4. The smallest absolute Gasteiger partial charge is 0.256 e. The van der Waals surface area contributed by atoms with E-state index in [0.29, 0.717) is 11.0 Å². The minimum atomic E-state index is -0.387. The van der Waals surface area contributed by atoms with E-state index in [1.807, 2.05) is 6.92 Å². The molecule has 2 aromatic rings. The second-order valence-corrected chi connectivity index (χ2v) is 4.33. The lowest BCUT2D eigenvalue weighted by Gasteiger charge is -2.00. The normalized spacial score (nSPS) is 10.6. The van der Waals surface area contributed by atoms with Gasteiger partial charge in [-0.25, -0.2) is 9.37 Å². The molecule has 0 spiro atoms. The number of nitrogens with zero attached hydrogens (tertiary/aromatic N) is 1. The number of halogens is 1. The van der Waals surface area contributed by atoms with E-state index in [1.165, 1.54) is 17.8 Å². The lowest BCUT2D eigenvalue weighted by molar-refractivity contribution is 0.454. The van der Waals surface area contributed by atoms with Crippen LogP contribution in [0.15, 0.2) is 34.1 Å². The number of benzene rings is 1. The van der Waals surface area contributed by atoms with Gasteiger partial charge in [0, 0.05) is 5.75 Å². The molecule has 16 heavy (non-hydrogen) atoms. The number of thioether (sulfide) groups is 1. The van der Waals surface area contributed by atoms with E-state index < -0.39 is 0 Å². The third kappa shape index (κ3) is 2.55. The number of oxazole rings is 1. The zero-order chi connectivity index (χ0) is 11.5. The van der Waals surface area contributed by atoms with Crippen LogP contribution in [0, 0.1) is 12.7 Å². The molecule has 1 heterocycles. The van der Waals surface area contributed by atoms with Gasteiger partial charge < -0.3 is 10.2 Å². The second kappa shape index (κ2) is 4.57. The van der Waals surface area contributed by atoms with Gasteiger partial charge in [-0.15, -0.1) is 0 Å². The number of nitrogens with two attached hydrogens (primary N) is 1. The van der Waals surface area contributed by atoms with E-state index in [9.17, 15) is 4.39 Å². The first kappa shape index (κ1) is 11.0. The average Bonchev–Trinajstić information content (AvgIpc) is 2.66. The summed E-state index contributed by atoms with van der Waals surface area (Å²) in [6, 6.07) is 4.78. The molecule has 0 aliphatic heterocycles. The van der Waals surface area contributed by atoms with Gasteiger partial charge in [0.05, 0.1) is 11.4 Å². The number of aryl methyl sites for hydroxylation is 1. The van der Waals surface area contributed by atoms with Gasteiger partial charge in [-0.2, -0.15) is 0 Å². The van der Waals surface area contributed by atoms with Crippen molar-refractivity contribution in [1.29, 1.82) is 0 Å². The number of nitrogen functional groups attached to an aromatic ring is 1. The summed E-state index contributed by atoms with van der Waals surface area (Å²) in [5.74, 6) is 0.221. The van der Waals surface area contributed by atoms with Gasteiger partial charge in [0.15, 0.2) is 0 Å². The van der Waals surface area contributed by atoms with Crippen molar-refractivity contribution in [1.82, 2.24) is 4.98 Å². The summed E-state index contributed by atoms with van der Waals surface area (Å²) < 4.78 is 18.3. The highest BCUT2D eigenvalue weighted by Gasteiger charge is 2.04. The van der Waals surface area contributed by atoms with Gasteiger partial charge in [-0.3, -0.25) is 0 Å². The van der Waals surface area contributed by atoms with Crippen LogP contribution in [0.1, 0.15) is 11.3 Å². The summed E-state index contributed by atoms with van der Waals surface area (Å²) in [7, 11) is 0. The monoisotopic (exact) mass is 238 g/mol. The topological polar surface area (TPSA) is 52.0 Å². The Hall–Kier alpha value is -1.49. The van der Waals surface area contributed by atoms with Gasteiger partial charge in [0.2, 0.25) is 0 Å². The molecule has 2 N–H and O–H groups in total. The van der Waals surface area contributed by atoms with Crippen molar-refractivity contribution < 1.29 is 8.81 Å². The maximum Gasteiger partial charge on any atom is 0.256 e. The average molecular weight is 238 g/mol. The molecule has 0 atom stereocenters. The van der Waals surface area contributed by atoms with Crippen molar-refractivity contribution in [3.63, 3.8) is 0 Å². The van der Waals surface area contributed by atoms with Crippen LogP contribution >= 0.6 is 11.8 Å². The summed E-state index contributed by atoms with van der Waals surface area (Å²) in [6.45, 7) is 1.86. The molecule has 0 fully saturated rings. The highest BCUT2D eigenvalue weighted by molar-refractivity contribution is 7.98. The van der Waals surface area contributed by atoms with E-state index in [-0.39, 0.29) is 11.5 Å². The fourth-order valence-electron chi connectivity index (χ4n) is 1.20. The van der Waals surface area contributed by atoms with Gasteiger partial charge in [-0.1, -0.05) is 17.8 Å². The second-order valence-electron chi connectivity index (χ2n) is 3.40. The van der Waals surface area contributed by atoms with Crippen LogP contribution in [0.4, 0.5) is 10.1 Å². The Balaban J connectivity index is 2.02. The Morgan fingerprint density at radius 3 is 2.94 bits per heavy atom. The Bertz CT molecular complexity index is 498. The molecule has 1 aromatic heterocycles. The largest absolute Gasteiger partial charge is 0.440 e. The molecular formula is C11H11FN2OS. The van der Waals surface area contributed by atoms with Crippen LogP contribution in [0.3, 0.4) is 0 Å². The molecule has 3 nitrogen and oxygen atoms in total. The molecule has 0 radical (unpaired) electrons. The van der Waals surface area contributed by atoms with Crippen molar-refractivity contribution in [3.05, 3.63) is 41.5 Å². The Kier molecular flexibility index (Phi) is 3.14. The quantitative estimate of drug-likeness (QED) is 0.659. The molecule has 0 saturated carbocycles. The Labute approximate surface area is 96.9 Å². The van der Waals surface area contributed by atoms with Crippen molar-refractivity contribution in [3.8, 4) is 0 Å². The predicted octanol–water partition coefficient (Wildman–Crippen LogP) is 3.00. The lowest BCUT2D eigenvalue weighted by Crippen LogP contribution is -1.91. The van der Waals surface area contributed by atoms with E-state index in [1.54, 1.807) is 18.4 Å². The number of aromatic nitrogens is 1. The number of hydrogen-bond donors (Lipinski definition) is 1. The van der Waals surface area contributed by atoms with Gasteiger partial charge in [0.25, 0.3) is 5.22 Å². The van der Waals surface area contributed by atoms with E-state index >= 15 is 0 Å². The van der Waals surface area contributed by atoms with Gasteiger partial charge in [0.1, 0.15) is 12.1 Å². The Morgan fingerprint density at radius 2 is 2.31 bits per heavy atom. The third-order valence-corrected chi connectivity index (χ3v) is 2.94. The Morgan fingerprint density at radius 1 is 1.50 bits per heavy atom. The number of rotatable bonds is 3. The van der Waals surface area contributed by atoms with E-state index in [0.717, 1.165) is 11.3 Å². The molecular weight excluding hydrogens is 227 g/mol. The van der Waals surface area contributed by atoms with E-state index in [4.69, 9.17) is 10.2 Å². The summed E-state index contributed by atoms with van der Waals surface area (Å²) >= 11 is 1.42. The van der Waals surface area contributed by atoms with Crippen LogP contribution in [0.5, 0.6) is 0 Å². The highest BCUT2D eigenvalue weighted by Crippen LogP contribution is 2.23. The molecule has 0 aliphatic carbocycles. The first-order valence-electron chi connectivity index (χ1n) is 4.74. The van der Waals surface area contributed by atoms with E-state index in [2.05, 4.69) is 4.98 Å². The van der Waals surface area contributed by atoms with Gasteiger partial charge in [-0.05, 0) is 24.6 Å². The minimum absolute atomic E-state index is 0.167. The van der Waals surface area contributed by atoms with Crippen LogP contribution in [0.2, 0.25) is 0 Å². The molecule has 1 aromatic carbocycles. The zero-order valence-corrected chi connectivity index (χ0v) is 9.55. The van der Waals surface area contributed by atoms with Crippen molar-refractivity contribution in [2.24, 2.45) is 0 Å². The summed E-state index contributed by atoms with van der Waals surface area (Å²) in [5, 5.41) is 0.592. The standard InChI is InChI=1S/C11H11FN2OS/c1-7-5-15-11(14-7)16-6-8-2-3-10(13)9(12)4-8/h2-5H,6,13H2,1H3. The first-order valence-corrected chi connectivity index (χ1v) is 5.72. The van der Waals surface area contributed by atoms with Gasteiger partial charge >= 0.3 is 0 Å². The van der Waals surface area contributed by atoms with Crippen molar-refractivity contribution in [2.75, 3.05) is 5.73 Å². The first-order chi connectivity index (χ1) is 7.65. The number of anilines is 1. The zero-order valence-electron chi connectivity index (χ0n) is 8.74. The fourth-order valence-corrected chi connectivity index (χ4v) is 2.00. The summed E-state index contributed by atoms with van der Waals surface area (Å²) in [5.41, 5.74) is 7.25. The molecule has 0 aliphatic rings. The molecule has 84 valence electrons. The van der Waals surface area contributed by atoms with Crippen molar-refractivity contribution >= 4 is 17.4 Å². The SMILES string of the molecule is Cc1coc(SCc2ccc(N)c(F)c2)n1. The van der Waals surface area contributed by atoms with Crippen LogP contribution in [0.25, 0.3) is 0 Å². The maximum absolute atomic E-state index is 13.1. The van der Waals surface area contributed by atoms with Crippen LogP contribution in [-0.4, -0.2) is 4.98 Å². The lowest BCUT2D eigenvalue weighted by atomic mass is 10.2. The minimum Gasteiger partial charge on any atom is -0.440 e. The molecule has 2 rings (SSSR count). The van der Waals surface area contributed by atoms with Crippen LogP contribution in [-0.2, 0) is 5.75 Å². The van der Waals surface area contributed by atoms with Crippen molar-refractivity contribution in [2.45, 2.75) is 17.9 Å².